The number of amides is 1. The molecule has 0 aliphatic heterocycles. The minimum Gasteiger partial charge on any atom is -0.481 e. The molecule has 1 atom stereocenters. The Bertz CT molecular complexity index is 1130. The van der Waals surface area contributed by atoms with Crippen LogP contribution in [0.15, 0.2) is 41.3 Å². The molecule has 0 saturated heterocycles. The Morgan fingerprint density at radius 2 is 2.00 bits per heavy atom. The summed E-state index contributed by atoms with van der Waals surface area (Å²) in [5.41, 5.74) is 1.47. The van der Waals surface area contributed by atoms with Gasteiger partial charge in [0.25, 0.3) is 5.91 Å². The maximum atomic E-state index is 12.4. The number of hydrogen-bond donors (Lipinski definition) is 1. The standard InChI is InChI=1S/C18H17ClN2O4S2/c1-10-8-12(4-6-14(10)19)25-11(2)17(22)21-18-20-15-7-5-13(27(3,23)24)9-16(15)26-18/h4-9,11H,1-3H3,(H,20,21,22)/t11-/m0/s1. The van der Waals surface area contributed by atoms with E-state index in [0.717, 1.165) is 11.8 Å². The fourth-order valence-electron chi connectivity index (χ4n) is 2.34. The summed E-state index contributed by atoms with van der Waals surface area (Å²) in [5, 5.41) is 3.71. The van der Waals surface area contributed by atoms with E-state index in [-0.39, 0.29) is 10.8 Å². The monoisotopic (exact) mass is 424 g/mol. The Balaban J connectivity index is 1.73. The molecule has 1 N–H and O–H groups in total. The van der Waals surface area contributed by atoms with Gasteiger partial charge in [0.05, 0.1) is 15.1 Å². The predicted molar refractivity (Wildman–Crippen MR) is 108 cm³/mol. The number of carbonyl (C=O) groups excluding carboxylic acids is 1. The molecule has 27 heavy (non-hydrogen) atoms. The lowest BCUT2D eigenvalue weighted by molar-refractivity contribution is -0.122. The van der Waals surface area contributed by atoms with Crippen molar-refractivity contribution in [3.8, 4) is 5.75 Å². The number of halogens is 1. The van der Waals surface area contributed by atoms with Crippen LogP contribution in [0.4, 0.5) is 5.13 Å². The Kier molecular flexibility index (Phi) is 5.41. The lowest BCUT2D eigenvalue weighted by Gasteiger charge is -2.14. The summed E-state index contributed by atoms with van der Waals surface area (Å²) in [7, 11) is -3.30. The molecule has 0 aliphatic rings. The molecular weight excluding hydrogens is 408 g/mol. The fraction of sp³-hybridized carbons (Fsp3) is 0.222. The summed E-state index contributed by atoms with van der Waals surface area (Å²) in [6.07, 6.45) is 0.402. The number of aryl methyl sites for hydroxylation is 1. The first-order valence-electron chi connectivity index (χ1n) is 7.98. The number of ether oxygens (including phenoxy) is 1. The molecular formula is C18H17ClN2O4S2. The molecule has 2 aromatic carbocycles. The van der Waals surface area contributed by atoms with Gasteiger partial charge in [0.1, 0.15) is 5.75 Å². The van der Waals surface area contributed by atoms with E-state index in [1.54, 1.807) is 37.3 Å². The molecule has 0 spiro atoms. The summed E-state index contributed by atoms with van der Waals surface area (Å²) in [4.78, 5) is 16.9. The van der Waals surface area contributed by atoms with Crippen molar-refractivity contribution < 1.29 is 17.9 Å². The zero-order valence-electron chi connectivity index (χ0n) is 14.8. The zero-order chi connectivity index (χ0) is 19.8. The normalized spacial score (nSPS) is 12.7. The molecule has 0 fully saturated rings. The topological polar surface area (TPSA) is 85.4 Å². The molecule has 1 aromatic heterocycles. The van der Waals surface area contributed by atoms with Crippen molar-refractivity contribution in [3.05, 3.63) is 47.0 Å². The molecule has 0 saturated carbocycles. The van der Waals surface area contributed by atoms with Crippen LogP contribution in [0.5, 0.6) is 5.75 Å². The number of carbonyl (C=O) groups is 1. The van der Waals surface area contributed by atoms with Gasteiger partial charge < -0.3 is 4.74 Å². The number of hydrogen-bond acceptors (Lipinski definition) is 6. The third-order valence-electron chi connectivity index (χ3n) is 3.83. The van der Waals surface area contributed by atoms with E-state index in [1.165, 1.54) is 17.4 Å². The van der Waals surface area contributed by atoms with Gasteiger partial charge in [-0.05, 0) is 55.8 Å². The highest BCUT2D eigenvalue weighted by Crippen LogP contribution is 2.28. The number of thiazole rings is 1. The number of benzene rings is 2. The molecule has 0 aliphatic carbocycles. The van der Waals surface area contributed by atoms with E-state index >= 15 is 0 Å². The average molecular weight is 425 g/mol. The summed E-state index contributed by atoms with van der Waals surface area (Å²) >= 11 is 7.19. The minimum absolute atomic E-state index is 0.214. The minimum atomic E-state index is -3.30. The molecule has 142 valence electrons. The van der Waals surface area contributed by atoms with Gasteiger partial charge in [0, 0.05) is 11.3 Å². The van der Waals surface area contributed by atoms with Crippen molar-refractivity contribution in [1.82, 2.24) is 4.98 Å². The van der Waals surface area contributed by atoms with E-state index in [0.29, 0.717) is 26.1 Å². The second-order valence-corrected chi connectivity index (χ2v) is 9.53. The van der Waals surface area contributed by atoms with Gasteiger partial charge >= 0.3 is 0 Å². The van der Waals surface area contributed by atoms with Crippen molar-refractivity contribution in [2.45, 2.75) is 24.8 Å². The van der Waals surface area contributed by atoms with Crippen LogP contribution in [-0.2, 0) is 14.6 Å². The quantitative estimate of drug-likeness (QED) is 0.667. The largest absolute Gasteiger partial charge is 0.481 e. The number of anilines is 1. The Morgan fingerprint density at radius 1 is 1.26 bits per heavy atom. The van der Waals surface area contributed by atoms with Gasteiger partial charge in [0.2, 0.25) is 0 Å². The van der Waals surface area contributed by atoms with Gasteiger partial charge in [-0.15, -0.1) is 0 Å². The molecule has 0 radical (unpaired) electrons. The molecule has 6 nitrogen and oxygen atoms in total. The highest BCUT2D eigenvalue weighted by Gasteiger charge is 2.18. The lowest BCUT2D eigenvalue weighted by atomic mass is 10.2. The number of nitrogens with zero attached hydrogens (tertiary/aromatic N) is 1. The third-order valence-corrected chi connectivity index (χ3v) is 6.30. The van der Waals surface area contributed by atoms with Gasteiger partial charge in [-0.3, -0.25) is 10.1 Å². The molecule has 0 bridgehead atoms. The van der Waals surface area contributed by atoms with E-state index in [2.05, 4.69) is 10.3 Å². The summed E-state index contributed by atoms with van der Waals surface area (Å²) in [6, 6.07) is 9.84. The van der Waals surface area contributed by atoms with Crippen molar-refractivity contribution in [2.24, 2.45) is 0 Å². The number of rotatable bonds is 5. The van der Waals surface area contributed by atoms with Gasteiger partial charge in [0.15, 0.2) is 21.1 Å². The van der Waals surface area contributed by atoms with E-state index < -0.39 is 15.9 Å². The Hall–Kier alpha value is -2.16. The van der Waals surface area contributed by atoms with Crippen LogP contribution in [-0.4, -0.2) is 31.7 Å². The third kappa shape index (κ3) is 4.58. The van der Waals surface area contributed by atoms with Gasteiger partial charge in [-0.1, -0.05) is 22.9 Å². The van der Waals surface area contributed by atoms with Crippen LogP contribution in [0.3, 0.4) is 0 Å². The first-order chi connectivity index (χ1) is 12.6. The predicted octanol–water partition coefficient (Wildman–Crippen LogP) is 4.07. The number of sulfone groups is 1. The van der Waals surface area contributed by atoms with Crippen LogP contribution in [0, 0.1) is 6.92 Å². The van der Waals surface area contributed by atoms with E-state index in [9.17, 15) is 13.2 Å². The molecule has 3 aromatic rings. The van der Waals surface area contributed by atoms with Crippen molar-refractivity contribution >= 4 is 54.0 Å². The smallest absolute Gasteiger partial charge is 0.266 e. The van der Waals surface area contributed by atoms with Gasteiger partial charge in [-0.25, -0.2) is 13.4 Å². The van der Waals surface area contributed by atoms with Gasteiger partial charge in [-0.2, -0.15) is 0 Å². The van der Waals surface area contributed by atoms with Crippen LogP contribution in [0.2, 0.25) is 5.02 Å². The summed E-state index contributed by atoms with van der Waals surface area (Å²) in [5.74, 6) is 0.187. The van der Waals surface area contributed by atoms with Crippen LogP contribution in [0.1, 0.15) is 12.5 Å². The maximum absolute atomic E-state index is 12.4. The number of aromatic nitrogens is 1. The zero-order valence-corrected chi connectivity index (χ0v) is 17.2. The number of nitrogens with one attached hydrogen (secondary N) is 1. The number of fused-ring (bicyclic) bond motifs is 1. The summed E-state index contributed by atoms with van der Waals surface area (Å²) < 4.78 is 29.6. The maximum Gasteiger partial charge on any atom is 0.266 e. The van der Waals surface area contributed by atoms with Crippen molar-refractivity contribution in [3.63, 3.8) is 0 Å². The van der Waals surface area contributed by atoms with Crippen LogP contribution >= 0.6 is 22.9 Å². The summed E-state index contributed by atoms with van der Waals surface area (Å²) in [6.45, 7) is 3.49. The molecule has 3 rings (SSSR count). The van der Waals surface area contributed by atoms with Crippen LogP contribution in [0.25, 0.3) is 10.2 Å². The second kappa shape index (κ2) is 7.46. The second-order valence-electron chi connectivity index (χ2n) is 6.08. The van der Waals surface area contributed by atoms with Crippen molar-refractivity contribution in [2.75, 3.05) is 11.6 Å². The highest BCUT2D eigenvalue weighted by molar-refractivity contribution is 7.90. The van der Waals surface area contributed by atoms with Crippen LogP contribution < -0.4 is 10.1 Å². The highest BCUT2D eigenvalue weighted by atomic mass is 35.5. The SMILES string of the molecule is Cc1cc(O[C@@H](C)C(=O)Nc2nc3ccc(S(C)(=O)=O)cc3s2)ccc1Cl. The Labute approximate surface area is 166 Å². The van der Waals surface area contributed by atoms with E-state index in [4.69, 9.17) is 16.3 Å². The first-order valence-corrected chi connectivity index (χ1v) is 11.1. The molecule has 0 unspecified atom stereocenters. The molecule has 1 amide bonds. The average Bonchev–Trinajstić information content (AvgIpc) is 2.98. The van der Waals surface area contributed by atoms with E-state index in [1.807, 2.05) is 6.92 Å². The Morgan fingerprint density at radius 3 is 2.67 bits per heavy atom. The lowest BCUT2D eigenvalue weighted by Crippen LogP contribution is -2.30. The molecule has 1 heterocycles. The van der Waals surface area contributed by atoms with Crippen molar-refractivity contribution in [1.29, 1.82) is 0 Å². The fourth-order valence-corrected chi connectivity index (χ4v) is 4.09. The first kappa shape index (κ1) is 19.6. The molecule has 9 heteroatoms.